The third-order valence-corrected chi connectivity index (χ3v) is 12.6. The van der Waals surface area contributed by atoms with Crippen molar-refractivity contribution in [3.8, 4) is 23.1 Å². The summed E-state index contributed by atoms with van der Waals surface area (Å²) < 4.78 is 11.6. The molecule has 71 heavy (non-hydrogen) atoms. The van der Waals surface area contributed by atoms with Gasteiger partial charge >= 0.3 is 11.9 Å². The molecule has 0 radical (unpaired) electrons. The van der Waals surface area contributed by atoms with Gasteiger partial charge in [0.25, 0.3) is 0 Å². The highest BCUT2D eigenvalue weighted by Crippen LogP contribution is 2.29. The second kappa shape index (κ2) is 18.6. The molecule has 3 N–H and O–H groups in total. The zero-order valence-electron chi connectivity index (χ0n) is 38.3. The number of nitrogens with zero attached hydrogens (tertiary/aromatic N) is 16. The number of phenolic OH excluding ortho intramolecular Hbond substituents is 2. The number of carbonyl (C=O) groups is 2. The van der Waals surface area contributed by atoms with Crippen molar-refractivity contribution in [1.82, 2.24) is 58.6 Å². The van der Waals surface area contributed by atoms with Gasteiger partial charge in [-0.05, 0) is 60.7 Å². The topological polar surface area (TPSA) is 240 Å². The zero-order valence-corrected chi connectivity index (χ0v) is 38.3. The monoisotopic (exact) mass is 954 g/mol. The number of imidazole rings is 2. The molecule has 22 heteroatoms. The van der Waals surface area contributed by atoms with E-state index in [4.69, 9.17) is 24.7 Å². The standard InChI is InChI=1S/C25H24N8O3.C24H22N8O3/c1-36-21(35)15-32-16-26-22-23(32)28-25(29-24(22)33-20-5-3-2-4-17(20)14-27-33)31-12-10-30(11-13-31)18-6-8-19(34)9-7-18;33-18-7-5-17(6-8-18)29-9-11-30(12-10-29)24-27-22-21(25-15-31(22)14-20(34)35)23(28-24)32-19-4-2-1-3-16(19)13-26-32/h2-9,14,16,34H,10-13,15H2,1H3;1-8,13,15,33H,9-12,14H2,(H,34,35). The maximum absolute atomic E-state index is 12.0. The van der Waals surface area contributed by atoms with Gasteiger partial charge in [0.1, 0.15) is 24.6 Å². The summed E-state index contributed by atoms with van der Waals surface area (Å²) in [5.74, 6) is 1.25. The number of piperazine rings is 2. The van der Waals surface area contributed by atoms with Crippen LogP contribution in [0.25, 0.3) is 55.8 Å². The maximum atomic E-state index is 12.0. The number of carboxylic acids is 1. The molecule has 0 bridgehead atoms. The first-order valence-corrected chi connectivity index (χ1v) is 22.9. The number of esters is 1. The Morgan fingerprint density at radius 3 is 1.37 bits per heavy atom. The minimum Gasteiger partial charge on any atom is -0.508 e. The number of para-hydroxylation sites is 2. The number of rotatable bonds is 10. The first-order valence-electron chi connectivity index (χ1n) is 22.9. The van der Waals surface area contributed by atoms with E-state index in [-0.39, 0.29) is 30.6 Å². The molecular weight excluding hydrogens is 909 g/mol. The van der Waals surface area contributed by atoms with Crippen LogP contribution in [0.5, 0.6) is 11.5 Å². The number of hydrogen-bond acceptors (Lipinski definition) is 17. The van der Waals surface area contributed by atoms with Crippen molar-refractivity contribution in [3.05, 3.63) is 122 Å². The third-order valence-electron chi connectivity index (χ3n) is 12.6. The average Bonchev–Trinajstić information content (AvgIpc) is 4.22. The van der Waals surface area contributed by atoms with E-state index in [0.717, 1.165) is 59.4 Å². The Hall–Kier alpha value is -9.34. The van der Waals surface area contributed by atoms with E-state index in [1.54, 1.807) is 56.9 Å². The molecular formula is C49H46N16O6. The van der Waals surface area contributed by atoms with Gasteiger partial charge < -0.3 is 48.8 Å². The number of fused-ring (bicyclic) bond motifs is 4. The van der Waals surface area contributed by atoms with Crippen LogP contribution in [0.1, 0.15) is 0 Å². The number of ether oxygens (including phenoxy) is 1. The van der Waals surface area contributed by atoms with Crippen LogP contribution in [-0.4, -0.2) is 145 Å². The summed E-state index contributed by atoms with van der Waals surface area (Å²) in [6.45, 7) is 5.56. The van der Waals surface area contributed by atoms with Crippen LogP contribution in [0.15, 0.2) is 122 Å². The fourth-order valence-electron chi connectivity index (χ4n) is 8.93. The van der Waals surface area contributed by atoms with Crippen molar-refractivity contribution >= 4 is 79.3 Å². The fraction of sp³-hybridized carbons (Fsp3) is 0.224. The SMILES string of the molecule is COC(=O)Cn1cnc2c(-n3ncc4ccccc43)nc(N3CCN(c4ccc(O)cc4)CC3)nc21.O=C(O)Cn1cnc2c(-n3ncc4ccccc43)nc(N3CCN(c4ccc(O)cc4)CC3)nc21. The minimum absolute atomic E-state index is 0.00260. The van der Waals surface area contributed by atoms with Gasteiger partial charge in [-0.25, -0.2) is 19.3 Å². The number of carbonyl (C=O) groups excluding carboxylic acids is 1. The van der Waals surface area contributed by atoms with E-state index in [1.165, 1.54) is 18.0 Å². The van der Waals surface area contributed by atoms with Gasteiger partial charge in [0.15, 0.2) is 34.0 Å². The Bertz CT molecular complexity index is 3550. The number of hydrogen-bond donors (Lipinski definition) is 3. The van der Waals surface area contributed by atoms with Crippen molar-refractivity contribution < 1.29 is 29.6 Å². The molecule has 358 valence electrons. The first-order chi connectivity index (χ1) is 34.7. The number of aromatic hydroxyl groups is 2. The lowest BCUT2D eigenvalue weighted by molar-refractivity contribution is -0.141. The molecule has 22 nitrogen and oxygen atoms in total. The Labute approximate surface area is 403 Å². The van der Waals surface area contributed by atoms with E-state index in [2.05, 4.69) is 39.8 Å². The van der Waals surface area contributed by atoms with Crippen molar-refractivity contribution in [2.75, 3.05) is 79.1 Å². The number of carboxylic acid groups (broad SMARTS) is 1. The minimum atomic E-state index is -0.974. The number of aromatic nitrogens is 12. The summed E-state index contributed by atoms with van der Waals surface area (Å²) in [6.07, 6.45) is 6.63. The number of anilines is 4. The van der Waals surface area contributed by atoms with Gasteiger partial charge in [-0.3, -0.25) is 9.59 Å². The average molecular weight is 955 g/mol. The summed E-state index contributed by atoms with van der Waals surface area (Å²) in [5, 5.41) is 39.6. The molecule has 6 aromatic heterocycles. The van der Waals surface area contributed by atoms with Crippen LogP contribution in [0.4, 0.5) is 23.3 Å². The number of phenols is 2. The second-order valence-corrected chi connectivity index (χ2v) is 17.0. The predicted octanol–water partition coefficient (Wildman–Crippen LogP) is 4.65. The molecule has 0 saturated carbocycles. The van der Waals surface area contributed by atoms with Gasteiger partial charge in [0.05, 0.1) is 43.2 Å². The highest BCUT2D eigenvalue weighted by Gasteiger charge is 2.26. The van der Waals surface area contributed by atoms with Crippen LogP contribution >= 0.6 is 0 Å². The Balaban J connectivity index is 0.000000154. The Kier molecular flexibility index (Phi) is 11.6. The molecule has 2 aliphatic rings. The maximum Gasteiger partial charge on any atom is 0.325 e. The zero-order chi connectivity index (χ0) is 48.6. The quantitative estimate of drug-likeness (QED) is 0.158. The van der Waals surface area contributed by atoms with E-state index in [0.29, 0.717) is 72.0 Å². The highest BCUT2D eigenvalue weighted by atomic mass is 16.5. The molecule has 0 spiro atoms. The highest BCUT2D eigenvalue weighted by molar-refractivity contribution is 5.88. The molecule has 0 unspecified atom stereocenters. The molecule has 12 rings (SSSR count). The van der Waals surface area contributed by atoms with E-state index < -0.39 is 5.97 Å². The van der Waals surface area contributed by atoms with Gasteiger partial charge in [-0.2, -0.15) is 30.1 Å². The van der Waals surface area contributed by atoms with Crippen molar-refractivity contribution in [1.29, 1.82) is 0 Å². The van der Waals surface area contributed by atoms with E-state index in [9.17, 15) is 24.9 Å². The number of benzene rings is 4. The van der Waals surface area contributed by atoms with Crippen LogP contribution in [0.2, 0.25) is 0 Å². The smallest absolute Gasteiger partial charge is 0.325 e. The molecule has 0 aliphatic carbocycles. The normalized spacial score (nSPS) is 14.1. The van der Waals surface area contributed by atoms with Crippen LogP contribution < -0.4 is 19.6 Å². The van der Waals surface area contributed by atoms with Gasteiger partial charge in [0.2, 0.25) is 11.9 Å². The molecule has 2 aliphatic heterocycles. The van der Waals surface area contributed by atoms with Crippen molar-refractivity contribution in [2.24, 2.45) is 0 Å². The molecule has 0 atom stereocenters. The molecule has 2 fully saturated rings. The molecule has 8 heterocycles. The van der Waals surface area contributed by atoms with Crippen molar-refractivity contribution in [3.63, 3.8) is 0 Å². The third kappa shape index (κ3) is 8.73. The summed E-state index contributed by atoms with van der Waals surface area (Å²) in [7, 11) is 1.36. The number of methoxy groups -OCH3 is 1. The lowest BCUT2D eigenvalue weighted by Gasteiger charge is -2.36. The number of aliphatic carboxylic acids is 1. The summed E-state index contributed by atoms with van der Waals surface area (Å²) in [6, 6.07) is 30.1. The molecule has 2 saturated heterocycles. The van der Waals surface area contributed by atoms with Crippen LogP contribution in [0.3, 0.4) is 0 Å². The van der Waals surface area contributed by atoms with Gasteiger partial charge in [-0.1, -0.05) is 36.4 Å². The summed E-state index contributed by atoms with van der Waals surface area (Å²) in [5.41, 5.74) is 5.93. The summed E-state index contributed by atoms with van der Waals surface area (Å²) >= 11 is 0. The molecule has 0 amide bonds. The van der Waals surface area contributed by atoms with E-state index in [1.807, 2.05) is 72.8 Å². The summed E-state index contributed by atoms with van der Waals surface area (Å²) in [4.78, 5) is 60.5. The lowest BCUT2D eigenvalue weighted by atomic mass is 10.2. The fourth-order valence-corrected chi connectivity index (χ4v) is 8.93. The van der Waals surface area contributed by atoms with Crippen LogP contribution in [0, 0.1) is 0 Å². The lowest BCUT2D eigenvalue weighted by Crippen LogP contribution is -2.47. The van der Waals surface area contributed by atoms with Gasteiger partial charge in [0, 0.05) is 74.5 Å². The molecule has 10 aromatic rings. The largest absolute Gasteiger partial charge is 0.508 e. The van der Waals surface area contributed by atoms with Crippen molar-refractivity contribution in [2.45, 2.75) is 13.1 Å². The molecule has 4 aromatic carbocycles. The van der Waals surface area contributed by atoms with Crippen LogP contribution in [-0.2, 0) is 27.4 Å². The first kappa shape index (κ1) is 44.2. The second-order valence-electron chi connectivity index (χ2n) is 17.0. The van der Waals surface area contributed by atoms with Gasteiger partial charge in [-0.15, -0.1) is 0 Å². The Morgan fingerprint density at radius 1 is 0.535 bits per heavy atom. The Morgan fingerprint density at radius 2 is 0.944 bits per heavy atom. The predicted molar refractivity (Wildman–Crippen MR) is 265 cm³/mol. The van der Waals surface area contributed by atoms with E-state index >= 15 is 0 Å².